The van der Waals surface area contributed by atoms with E-state index in [-0.39, 0.29) is 0 Å². The Morgan fingerprint density at radius 1 is 1.33 bits per heavy atom. The number of methoxy groups -OCH3 is 1. The highest BCUT2D eigenvalue weighted by Crippen LogP contribution is 2.31. The van der Waals surface area contributed by atoms with E-state index in [1.807, 2.05) is 7.05 Å². The van der Waals surface area contributed by atoms with Crippen LogP contribution in [0.3, 0.4) is 0 Å². The maximum absolute atomic E-state index is 4.98. The fourth-order valence-corrected chi connectivity index (χ4v) is 1.45. The van der Waals surface area contributed by atoms with Gasteiger partial charge >= 0.3 is 0 Å². The van der Waals surface area contributed by atoms with Crippen molar-refractivity contribution in [1.82, 2.24) is 10.6 Å². The Bertz CT molecular complexity index is 190. The number of nitrogens with zero attached hydrogens (tertiary/aromatic N) is 1. The largest absolute Gasteiger partial charge is 0.385 e. The van der Waals surface area contributed by atoms with Crippen molar-refractivity contribution in [2.75, 3.05) is 33.9 Å². The Balaban J connectivity index is 1.96. The minimum atomic E-state index is 0.798. The van der Waals surface area contributed by atoms with E-state index < -0.39 is 0 Å². The number of nitrogens with one attached hydrogen (secondary N) is 2. The molecule has 0 aromatic heterocycles. The molecule has 0 unspecified atom stereocenters. The quantitative estimate of drug-likeness (QED) is 0.376. The highest BCUT2D eigenvalue weighted by Gasteiger charge is 2.20. The molecule has 0 saturated heterocycles. The van der Waals surface area contributed by atoms with Crippen molar-refractivity contribution < 1.29 is 4.74 Å². The van der Waals surface area contributed by atoms with Gasteiger partial charge in [-0.05, 0) is 18.8 Å². The van der Waals surface area contributed by atoms with E-state index in [0.717, 1.165) is 38.0 Å². The van der Waals surface area contributed by atoms with Gasteiger partial charge in [0.15, 0.2) is 5.96 Å². The van der Waals surface area contributed by atoms with Gasteiger partial charge in [-0.1, -0.05) is 12.8 Å². The first-order chi connectivity index (χ1) is 7.36. The van der Waals surface area contributed by atoms with Gasteiger partial charge in [0.1, 0.15) is 0 Å². The fourth-order valence-electron chi connectivity index (χ4n) is 1.45. The minimum Gasteiger partial charge on any atom is -0.385 e. The second-order valence-electron chi connectivity index (χ2n) is 4.00. The highest BCUT2D eigenvalue weighted by atomic mass is 16.5. The molecule has 1 rings (SSSR count). The molecule has 4 heteroatoms. The molecule has 0 aromatic rings. The third-order valence-electron chi connectivity index (χ3n) is 2.58. The minimum absolute atomic E-state index is 0.798. The Kier molecular flexibility index (Phi) is 6.16. The smallest absolute Gasteiger partial charge is 0.190 e. The molecule has 1 aliphatic carbocycles. The molecule has 88 valence electrons. The normalized spacial score (nSPS) is 16.5. The van der Waals surface area contributed by atoms with Crippen LogP contribution in [0.1, 0.15) is 25.7 Å². The molecule has 0 spiro atoms. The maximum atomic E-state index is 4.98. The molecule has 0 aromatic carbocycles. The highest BCUT2D eigenvalue weighted by molar-refractivity contribution is 5.79. The van der Waals surface area contributed by atoms with Gasteiger partial charge in [0, 0.05) is 33.9 Å². The molecule has 1 fully saturated rings. The monoisotopic (exact) mass is 213 g/mol. The van der Waals surface area contributed by atoms with Crippen molar-refractivity contribution >= 4 is 5.96 Å². The van der Waals surface area contributed by atoms with E-state index in [1.165, 1.54) is 19.3 Å². The second-order valence-corrected chi connectivity index (χ2v) is 4.00. The lowest BCUT2D eigenvalue weighted by Crippen LogP contribution is -2.38. The summed E-state index contributed by atoms with van der Waals surface area (Å²) < 4.78 is 4.98. The van der Waals surface area contributed by atoms with Crippen LogP contribution in [0.15, 0.2) is 4.99 Å². The van der Waals surface area contributed by atoms with Gasteiger partial charge in [-0.3, -0.25) is 4.99 Å². The van der Waals surface area contributed by atoms with Crippen LogP contribution in [-0.4, -0.2) is 39.8 Å². The van der Waals surface area contributed by atoms with Gasteiger partial charge in [0.05, 0.1) is 0 Å². The van der Waals surface area contributed by atoms with Crippen molar-refractivity contribution in [2.45, 2.75) is 25.7 Å². The second kappa shape index (κ2) is 7.51. The van der Waals surface area contributed by atoms with E-state index in [2.05, 4.69) is 15.6 Å². The molecule has 0 atom stereocenters. The number of guanidine groups is 1. The predicted molar refractivity (Wildman–Crippen MR) is 63.2 cm³/mol. The van der Waals surface area contributed by atoms with Crippen LogP contribution in [0.2, 0.25) is 0 Å². The van der Waals surface area contributed by atoms with E-state index >= 15 is 0 Å². The van der Waals surface area contributed by atoms with Gasteiger partial charge in [-0.15, -0.1) is 0 Å². The zero-order valence-corrected chi connectivity index (χ0v) is 9.88. The SMILES string of the molecule is CN=C(NCCCOC)NCCC1CC1. The molecule has 0 radical (unpaired) electrons. The molecule has 15 heavy (non-hydrogen) atoms. The Hall–Kier alpha value is -0.770. The van der Waals surface area contributed by atoms with Crippen LogP contribution in [0, 0.1) is 5.92 Å². The third-order valence-corrected chi connectivity index (χ3v) is 2.58. The van der Waals surface area contributed by atoms with E-state index in [4.69, 9.17) is 4.74 Å². The van der Waals surface area contributed by atoms with Crippen molar-refractivity contribution in [3.63, 3.8) is 0 Å². The summed E-state index contributed by atoms with van der Waals surface area (Å²) in [5.41, 5.74) is 0. The Morgan fingerprint density at radius 3 is 2.67 bits per heavy atom. The summed E-state index contributed by atoms with van der Waals surface area (Å²) in [6, 6.07) is 0. The standard InChI is InChI=1S/C11H23N3O/c1-12-11(13-7-3-9-15-2)14-8-6-10-4-5-10/h10H,3-9H2,1-2H3,(H2,12,13,14). The number of ether oxygens (including phenoxy) is 1. The van der Waals surface area contributed by atoms with Crippen LogP contribution in [0.4, 0.5) is 0 Å². The van der Waals surface area contributed by atoms with E-state index in [0.29, 0.717) is 0 Å². The predicted octanol–water partition coefficient (Wildman–Crippen LogP) is 0.988. The molecular weight excluding hydrogens is 190 g/mol. The zero-order chi connectivity index (χ0) is 10.9. The van der Waals surface area contributed by atoms with Gasteiger partial charge in [-0.25, -0.2) is 0 Å². The first-order valence-electron chi connectivity index (χ1n) is 5.80. The Labute approximate surface area is 92.5 Å². The van der Waals surface area contributed by atoms with Crippen molar-refractivity contribution in [3.8, 4) is 0 Å². The summed E-state index contributed by atoms with van der Waals surface area (Å²) in [4.78, 5) is 4.16. The van der Waals surface area contributed by atoms with Gasteiger partial charge < -0.3 is 15.4 Å². The molecule has 1 saturated carbocycles. The van der Waals surface area contributed by atoms with Crippen LogP contribution >= 0.6 is 0 Å². The lowest BCUT2D eigenvalue weighted by molar-refractivity contribution is 0.195. The number of hydrogen-bond donors (Lipinski definition) is 2. The van der Waals surface area contributed by atoms with Crippen molar-refractivity contribution in [2.24, 2.45) is 10.9 Å². The average Bonchev–Trinajstić information content (AvgIpc) is 3.05. The number of rotatable bonds is 7. The lowest BCUT2D eigenvalue weighted by Gasteiger charge is -2.11. The molecule has 0 bridgehead atoms. The first kappa shape index (κ1) is 12.3. The number of hydrogen-bond acceptors (Lipinski definition) is 2. The molecule has 0 aliphatic heterocycles. The lowest BCUT2D eigenvalue weighted by atomic mass is 10.3. The van der Waals surface area contributed by atoms with E-state index in [1.54, 1.807) is 7.11 Å². The van der Waals surface area contributed by atoms with Crippen LogP contribution < -0.4 is 10.6 Å². The number of aliphatic imine (C=N–C) groups is 1. The summed E-state index contributed by atoms with van der Waals surface area (Å²) in [5.74, 6) is 1.89. The van der Waals surface area contributed by atoms with Crippen molar-refractivity contribution in [1.29, 1.82) is 0 Å². The average molecular weight is 213 g/mol. The third kappa shape index (κ3) is 6.33. The molecule has 1 aliphatic rings. The Morgan fingerprint density at radius 2 is 2.07 bits per heavy atom. The molecule has 2 N–H and O–H groups in total. The van der Waals surface area contributed by atoms with Crippen LogP contribution in [0.5, 0.6) is 0 Å². The fraction of sp³-hybridized carbons (Fsp3) is 0.909. The summed E-state index contributed by atoms with van der Waals surface area (Å²) in [6.07, 6.45) is 5.13. The molecule has 0 heterocycles. The van der Waals surface area contributed by atoms with Crippen LogP contribution in [0.25, 0.3) is 0 Å². The summed E-state index contributed by atoms with van der Waals surface area (Å²) in [5, 5.41) is 6.57. The maximum Gasteiger partial charge on any atom is 0.190 e. The van der Waals surface area contributed by atoms with Crippen molar-refractivity contribution in [3.05, 3.63) is 0 Å². The summed E-state index contributed by atoms with van der Waals surface area (Å²) in [7, 11) is 3.53. The van der Waals surface area contributed by atoms with E-state index in [9.17, 15) is 0 Å². The summed E-state index contributed by atoms with van der Waals surface area (Å²) >= 11 is 0. The van der Waals surface area contributed by atoms with Gasteiger partial charge in [-0.2, -0.15) is 0 Å². The van der Waals surface area contributed by atoms with Gasteiger partial charge in [0.25, 0.3) is 0 Å². The van der Waals surface area contributed by atoms with Crippen LogP contribution in [-0.2, 0) is 4.74 Å². The first-order valence-corrected chi connectivity index (χ1v) is 5.80. The summed E-state index contributed by atoms with van der Waals surface area (Å²) in [6.45, 7) is 2.75. The molecule has 4 nitrogen and oxygen atoms in total. The topological polar surface area (TPSA) is 45.7 Å². The van der Waals surface area contributed by atoms with Gasteiger partial charge in [0.2, 0.25) is 0 Å². The zero-order valence-electron chi connectivity index (χ0n) is 9.88. The molecular formula is C11H23N3O. The molecule has 0 amide bonds.